The van der Waals surface area contributed by atoms with E-state index in [1.807, 2.05) is 6.07 Å². The van der Waals surface area contributed by atoms with E-state index in [0.29, 0.717) is 54.6 Å². The maximum Gasteiger partial charge on any atom is 0.416 e. The fourth-order valence-electron chi connectivity index (χ4n) is 3.70. The molecule has 3 aromatic rings. The van der Waals surface area contributed by atoms with Crippen molar-refractivity contribution in [2.45, 2.75) is 25.2 Å². The summed E-state index contributed by atoms with van der Waals surface area (Å²) in [5.74, 6) is 0.227. The van der Waals surface area contributed by atoms with Crippen LogP contribution in [0.15, 0.2) is 36.5 Å². The van der Waals surface area contributed by atoms with Gasteiger partial charge in [0.15, 0.2) is 11.9 Å². The average Bonchev–Trinajstić information content (AvgIpc) is 3.52. The van der Waals surface area contributed by atoms with Gasteiger partial charge in [-0.1, -0.05) is 12.1 Å². The van der Waals surface area contributed by atoms with Crippen LogP contribution in [0.4, 0.5) is 13.2 Å². The molecule has 1 unspecified atom stereocenters. The number of epoxide rings is 1. The molecule has 31 heavy (non-hydrogen) atoms. The molecular weight excluding hydrogens is 411 g/mol. The molecule has 1 saturated heterocycles. The first kappa shape index (κ1) is 19.7. The lowest BCUT2D eigenvalue weighted by Crippen LogP contribution is -2.39. The molecule has 2 aliphatic heterocycles. The highest BCUT2D eigenvalue weighted by Gasteiger charge is 2.37. The van der Waals surface area contributed by atoms with Gasteiger partial charge in [0.2, 0.25) is 0 Å². The van der Waals surface area contributed by atoms with E-state index in [0.717, 1.165) is 17.7 Å². The Labute approximate surface area is 175 Å². The summed E-state index contributed by atoms with van der Waals surface area (Å²) >= 11 is 0. The number of fused-ring (bicyclic) bond motifs is 1. The van der Waals surface area contributed by atoms with Crippen LogP contribution in [-0.4, -0.2) is 49.8 Å². The second-order valence-corrected chi connectivity index (χ2v) is 7.60. The molecule has 2 aliphatic rings. The molecular formula is C21H18F3N5O2. The maximum atomic E-state index is 12.9. The molecule has 10 heteroatoms. The second-order valence-electron chi connectivity index (χ2n) is 7.60. The number of rotatable bonds is 3. The number of hydrogen-bond donors (Lipinski definition) is 0. The first-order valence-electron chi connectivity index (χ1n) is 9.77. The molecule has 0 N–H and O–H groups in total. The van der Waals surface area contributed by atoms with E-state index < -0.39 is 11.7 Å². The lowest BCUT2D eigenvalue weighted by molar-refractivity contribution is -0.137. The molecule has 5 rings (SSSR count). The van der Waals surface area contributed by atoms with Crippen LogP contribution in [0.1, 0.15) is 16.8 Å². The Bertz CT molecular complexity index is 1150. The maximum absolute atomic E-state index is 12.9. The number of nitrogens with zero attached hydrogens (tertiary/aromatic N) is 5. The minimum atomic E-state index is -4.42. The largest absolute Gasteiger partial charge is 0.416 e. The van der Waals surface area contributed by atoms with Crippen molar-refractivity contribution in [1.82, 2.24) is 24.6 Å². The van der Waals surface area contributed by atoms with Crippen molar-refractivity contribution in [3.05, 3.63) is 53.3 Å². The molecule has 160 valence electrons. The number of halogens is 3. The fraction of sp³-hybridized carbons (Fsp3) is 0.333. The van der Waals surface area contributed by atoms with Gasteiger partial charge in [-0.05, 0) is 24.6 Å². The van der Waals surface area contributed by atoms with Crippen molar-refractivity contribution < 1.29 is 22.7 Å². The summed E-state index contributed by atoms with van der Waals surface area (Å²) < 4.78 is 45.6. The van der Waals surface area contributed by atoms with Crippen molar-refractivity contribution >= 4 is 5.91 Å². The third-order valence-electron chi connectivity index (χ3n) is 5.41. The summed E-state index contributed by atoms with van der Waals surface area (Å²) in [6.45, 7) is 1.25. The lowest BCUT2D eigenvalue weighted by Gasteiger charge is -2.29. The van der Waals surface area contributed by atoms with E-state index in [1.54, 1.807) is 22.8 Å². The van der Waals surface area contributed by atoms with Gasteiger partial charge in [-0.2, -0.15) is 18.3 Å². The first-order chi connectivity index (χ1) is 14.8. The molecule has 0 spiro atoms. The van der Waals surface area contributed by atoms with Gasteiger partial charge in [-0.15, -0.1) is 0 Å². The predicted octanol–water partition coefficient (Wildman–Crippen LogP) is 2.85. The average molecular weight is 429 g/mol. The van der Waals surface area contributed by atoms with Gasteiger partial charge in [0, 0.05) is 30.9 Å². The number of aromatic nitrogens is 4. The standard InChI is InChI=1S/C21H18F3N5O2/c1-28-8-7-15(27-28)18-14-6-9-29(20(30)17-11-31-17)10-16(14)25-19(26-18)12-2-4-13(5-3-12)21(22,23)24/h2-5,7-8,17H,6,9-11H2,1H3. The van der Waals surface area contributed by atoms with E-state index in [1.165, 1.54) is 12.1 Å². The van der Waals surface area contributed by atoms with Gasteiger partial charge in [0.05, 0.1) is 30.1 Å². The van der Waals surface area contributed by atoms with Gasteiger partial charge in [0.25, 0.3) is 5.91 Å². The zero-order valence-electron chi connectivity index (χ0n) is 16.6. The monoisotopic (exact) mass is 429 g/mol. The second kappa shape index (κ2) is 7.16. The molecule has 4 heterocycles. The van der Waals surface area contributed by atoms with E-state index in [4.69, 9.17) is 4.74 Å². The summed E-state index contributed by atoms with van der Waals surface area (Å²) in [6, 6.07) is 6.57. The topological polar surface area (TPSA) is 76.4 Å². The zero-order valence-corrected chi connectivity index (χ0v) is 16.6. The predicted molar refractivity (Wildman–Crippen MR) is 104 cm³/mol. The number of carbonyl (C=O) groups is 1. The molecule has 1 aromatic carbocycles. The minimum Gasteiger partial charge on any atom is -0.363 e. The van der Waals surface area contributed by atoms with Crippen molar-refractivity contribution in [2.24, 2.45) is 7.05 Å². The van der Waals surface area contributed by atoms with Crippen molar-refractivity contribution in [3.8, 4) is 22.8 Å². The Morgan fingerprint density at radius 3 is 2.52 bits per heavy atom. The normalized spacial score (nSPS) is 18.1. The van der Waals surface area contributed by atoms with Crippen LogP contribution in [-0.2, 0) is 35.7 Å². The van der Waals surface area contributed by atoms with Gasteiger partial charge in [0.1, 0.15) is 5.69 Å². The molecule has 1 amide bonds. The minimum absolute atomic E-state index is 0.0697. The van der Waals surface area contributed by atoms with E-state index in [-0.39, 0.29) is 12.0 Å². The number of amides is 1. The fourth-order valence-corrected chi connectivity index (χ4v) is 3.70. The van der Waals surface area contributed by atoms with E-state index in [2.05, 4.69) is 15.1 Å². The Balaban J connectivity index is 1.57. The molecule has 0 radical (unpaired) electrons. The highest BCUT2D eigenvalue weighted by molar-refractivity contribution is 5.83. The van der Waals surface area contributed by atoms with Crippen LogP contribution in [0.3, 0.4) is 0 Å². The van der Waals surface area contributed by atoms with Crippen LogP contribution >= 0.6 is 0 Å². The summed E-state index contributed by atoms with van der Waals surface area (Å²) in [7, 11) is 1.80. The van der Waals surface area contributed by atoms with Crippen LogP contribution in [0.2, 0.25) is 0 Å². The van der Waals surface area contributed by atoms with Gasteiger partial charge in [-0.3, -0.25) is 9.48 Å². The summed E-state index contributed by atoms with van der Waals surface area (Å²) in [5, 5.41) is 4.44. The number of hydrogen-bond acceptors (Lipinski definition) is 5. The third kappa shape index (κ3) is 3.78. The van der Waals surface area contributed by atoms with Gasteiger partial charge >= 0.3 is 6.18 Å². The smallest absolute Gasteiger partial charge is 0.363 e. The zero-order chi connectivity index (χ0) is 21.8. The van der Waals surface area contributed by atoms with Crippen LogP contribution in [0.5, 0.6) is 0 Å². The Morgan fingerprint density at radius 2 is 1.90 bits per heavy atom. The summed E-state index contributed by atoms with van der Waals surface area (Å²) in [4.78, 5) is 23.4. The molecule has 0 aliphatic carbocycles. The molecule has 1 atom stereocenters. The lowest BCUT2D eigenvalue weighted by atomic mass is 10.00. The summed E-state index contributed by atoms with van der Waals surface area (Å²) in [6.07, 6.45) is -2.44. The molecule has 0 saturated carbocycles. The molecule has 2 aromatic heterocycles. The third-order valence-corrected chi connectivity index (χ3v) is 5.41. The number of alkyl halides is 3. The SMILES string of the molecule is Cn1ccc(-c2nc(-c3ccc(C(F)(F)F)cc3)nc3c2CCN(C(=O)C2CO2)C3)n1. The Morgan fingerprint density at radius 1 is 1.16 bits per heavy atom. The van der Waals surface area contributed by atoms with E-state index in [9.17, 15) is 18.0 Å². The highest BCUT2D eigenvalue weighted by Crippen LogP contribution is 2.33. The van der Waals surface area contributed by atoms with Crippen LogP contribution in [0.25, 0.3) is 22.8 Å². The number of ether oxygens (including phenoxy) is 1. The van der Waals surface area contributed by atoms with Crippen molar-refractivity contribution in [3.63, 3.8) is 0 Å². The van der Waals surface area contributed by atoms with E-state index >= 15 is 0 Å². The van der Waals surface area contributed by atoms with Gasteiger partial charge < -0.3 is 9.64 Å². The molecule has 7 nitrogen and oxygen atoms in total. The van der Waals surface area contributed by atoms with Crippen LogP contribution < -0.4 is 0 Å². The van der Waals surface area contributed by atoms with Crippen molar-refractivity contribution in [2.75, 3.05) is 13.2 Å². The molecule has 0 bridgehead atoms. The number of carbonyl (C=O) groups excluding carboxylic acids is 1. The highest BCUT2D eigenvalue weighted by atomic mass is 19.4. The Hall–Kier alpha value is -3.27. The quantitative estimate of drug-likeness (QED) is 0.599. The number of aryl methyl sites for hydroxylation is 1. The molecule has 1 fully saturated rings. The van der Waals surface area contributed by atoms with Crippen molar-refractivity contribution in [1.29, 1.82) is 0 Å². The number of benzene rings is 1. The first-order valence-corrected chi connectivity index (χ1v) is 9.77. The Kier molecular flexibility index (Phi) is 4.54. The summed E-state index contributed by atoms with van der Waals surface area (Å²) in [5.41, 5.74) is 2.58. The van der Waals surface area contributed by atoms with Gasteiger partial charge in [-0.25, -0.2) is 9.97 Å². The van der Waals surface area contributed by atoms with Crippen LogP contribution in [0, 0.1) is 0 Å².